The van der Waals surface area contributed by atoms with E-state index >= 15 is 0 Å². The van der Waals surface area contributed by atoms with E-state index in [2.05, 4.69) is 220 Å². The summed E-state index contributed by atoms with van der Waals surface area (Å²) in [7, 11) is 0. The second-order valence-corrected chi connectivity index (χ2v) is 25.7. The number of carbonyl (C=O) groups excluding carboxylic acids is 1. The second kappa shape index (κ2) is 32.5. The number of aromatic hydroxyl groups is 1. The Bertz CT molecular complexity index is 3220. The number of H-pyrrole nitrogens is 1. The fraction of sp³-hybridized carbons (Fsp3) is 0.591. The maximum absolute atomic E-state index is 10.9. The second-order valence-electron chi connectivity index (χ2n) is 25.7. The van der Waals surface area contributed by atoms with Crippen LogP contribution in [-0.2, 0) is 43.8 Å². The molecule has 14 rings (SSSR count). The van der Waals surface area contributed by atoms with Crippen molar-refractivity contribution in [2.24, 2.45) is 0 Å². The maximum atomic E-state index is 10.9. The predicted molar refractivity (Wildman–Crippen MR) is 354 cm³/mol. The Labute approximate surface area is 533 Å². The minimum atomic E-state index is -1.21. The van der Waals surface area contributed by atoms with Crippen LogP contribution in [0.15, 0.2) is 97.5 Å². The number of ketones is 1. The van der Waals surface area contributed by atoms with Crippen molar-refractivity contribution in [3.05, 3.63) is 114 Å². The normalized spacial score (nSPS) is 15.9. The molecule has 90 heavy (non-hydrogen) atoms. The highest BCUT2D eigenvalue weighted by Crippen LogP contribution is 2.23. The van der Waals surface area contributed by atoms with Crippen LogP contribution in [0.25, 0.3) is 0 Å². The van der Waals surface area contributed by atoms with Crippen LogP contribution in [0.3, 0.4) is 0 Å². The van der Waals surface area contributed by atoms with E-state index in [4.69, 9.17) is 5.11 Å². The number of carbonyl (C=O) groups is 1. The molecular formula is C66H109N20O4+5. The van der Waals surface area contributed by atoms with Crippen LogP contribution in [0.5, 0.6) is 5.75 Å². The fourth-order valence-electron chi connectivity index (χ4n) is 11.3. The van der Waals surface area contributed by atoms with E-state index in [-0.39, 0.29) is 29.0 Å². The standard InChI is InChI=1S/2C9H15N3.4C8H13N3.2C8H11NO2/c2*1-8(2)12-7-6-11-5-3-4-10-9(11)12;2*1-7(2)10-5-3-8-9-4-6-11(8)10;2*1-6(2)11-5-10-8-7(11)3-4-9-8;2*1-6(2)9-4-3-7(10)8(11)5-9/h2*6-8H,3-5H2,1-2H3;2*3,5,7H,4,6H2,1-2H3;2*5-6,9H,3-4H2,1-2H3;3-6,11H,1-2H3;3-6,8H,1-2H3/p+5. The zero-order valence-electron chi connectivity index (χ0n) is 56.8. The predicted octanol–water partition coefficient (Wildman–Crippen LogP) is 6.63. The Morgan fingerprint density at radius 1 is 0.589 bits per heavy atom. The highest BCUT2D eigenvalue weighted by Gasteiger charge is 2.27. The number of aromatic nitrogens is 13. The number of anilines is 6. The third-order valence-electron chi connectivity index (χ3n) is 16.3. The number of nitrogens with one attached hydrogen (secondary N) is 7. The van der Waals surface area contributed by atoms with Gasteiger partial charge in [0.25, 0.3) is 0 Å². The lowest BCUT2D eigenvalue weighted by Crippen LogP contribution is -2.43. The van der Waals surface area contributed by atoms with E-state index in [1.54, 1.807) is 21.5 Å². The Morgan fingerprint density at radius 3 is 1.61 bits per heavy atom. The quantitative estimate of drug-likeness (QED) is 0.0754. The molecule has 7 aliphatic rings. The Balaban J connectivity index is 0.000000146. The highest BCUT2D eigenvalue weighted by molar-refractivity contribution is 6.03. The lowest BCUT2D eigenvalue weighted by molar-refractivity contribution is -0.790. The van der Waals surface area contributed by atoms with Gasteiger partial charge in [-0.1, -0.05) is 0 Å². The molecule has 24 heteroatoms. The van der Waals surface area contributed by atoms with Crippen LogP contribution < -0.4 is 65.5 Å². The first-order valence-corrected chi connectivity index (χ1v) is 32.9. The van der Waals surface area contributed by atoms with Gasteiger partial charge < -0.3 is 40.6 Å². The summed E-state index contributed by atoms with van der Waals surface area (Å²) in [4.78, 5) is 28.9. The van der Waals surface area contributed by atoms with Crippen molar-refractivity contribution in [1.82, 2.24) is 37.6 Å². The summed E-state index contributed by atoms with van der Waals surface area (Å²) in [5, 5.41) is 39.9. The molecule has 1 atom stereocenters. The number of aryl methyl sites for hydroxylation is 2. The van der Waals surface area contributed by atoms with Gasteiger partial charge in [-0.15, -0.1) is 18.7 Å². The van der Waals surface area contributed by atoms with Gasteiger partial charge in [0.15, 0.2) is 65.6 Å². The van der Waals surface area contributed by atoms with E-state index in [0.29, 0.717) is 36.3 Å². The first-order chi connectivity index (χ1) is 42.9. The average molecular weight is 1250 g/mol. The number of fused-ring (bicyclic) bond motifs is 6. The molecule has 0 saturated heterocycles. The number of hydrogen-bond acceptors (Lipinski definition) is 11. The van der Waals surface area contributed by atoms with Crippen LogP contribution in [0.2, 0.25) is 0 Å². The van der Waals surface area contributed by atoms with Gasteiger partial charge in [0, 0.05) is 88.4 Å². The van der Waals surface area contributed by atoms with Gasteiger partial charge in [-0.05, 0) is 111 Å². The van der Waals surface area contributed by atoms with Crippen LogP contribution in [0.1, 0.15) is 177 Å². The summed E-state index contributed by atoms with van der Waals surface area (Å²) in [5.74, 6) is 6.76. The monoisotopic (exact) mass is 1250 g/mol. The molecule has 24 nitrogen and oxygen atoms in total. The summed E-state index contributed by atoms with van der Waals surface area (Å²) in [6.07, 6.45) is 27.8. The molecule has 0 amide bonds. The molecule has 7 aliphatic heterocycles. The van der Waals surface area contributed by atoms with Crippen LogP contribution in [-0.4, -0.2) is 111 Å². The summed E-state index contributed by atoms with van der Waals surface area (Å²) in [5.41, 5.74) is 2.45. The Morgan fingerprint density at radius 2 is 1.13 bits per heavy atom. The molecule has 8 N–H and O–H groups in total. The zero-order chi connectivity index (χ0) is 65.3. The molecule has 0 fully saturated rings. The van der Waals surface area contributed by atoms with Crippen molar-refractivity contribution in [3.8, 4) is 5.75 Å². The zero-order valence-corrected chi connectivity index (χ0v) is 56.8. The molecule has 0 bridgehead atoms. The van der Waals surface area contributed by atoms with E-state index < -0.39 is 6.10 Å². The van der Waals surface area contributed by atoms with E-state index in [9.17, 15) is 14.7 Å². The largest absolute Gasteiger partial charge is 0.839 e. The number of nitrogens with zero attached hydrogens (tertiary/aromatic N) is 13. The molecule has 0 saturated carbocycles. The number of aromatic amines is 1. The molecule has 0 radical (unpaired) electrons. The summed E-state index contributed by atoms with van der Waals surface area (Å²) < 4.78 is 26.2. The third kappa shape index (κ3) is 18.0. The average Bonchev–Trinajstić information content (AvgIpc) is 3.11. The van der Waals surface area contributed by atoms with Crippen molar-refractivity contribution in [2.45, 2.75) is 217 Å². The molecule has 0 spiro atoms. The lowest BCUT2D eigenvalue weighted by Gasteiger charge is -2.15. The van der Waals surface area contributed by atoms with Gasteiger partial charge >= 0.3 is 11.9 Å². The molecule has 14 heterocycles. The highest BCUT2D eigenvalue weighted by atomic mass is 16.3. The van der Waals surface area contributed by atoms with Crippen molar-refractivity contribution in [3.63, 3.8) is 0 Å². The Hall–Kier alpha value is -8.15. The minimum absolute atomic E-state index is 0.193. The summed E-state index contributed by atoms with van der Waals surface area (Å²) in [6, 6.07) is 9.44. The Kier molecular flexibility index (Phi) is 25.1. The molecule has 492 valence electrons. The number of imidazole rings is 4. The van der Waals surface area contributed by atoms with Gasteiger partial charge in [-0.25, -0.2) is 37.4 Å². The van der Waals surface area contributed by atoms with E-state index in [1.165, 1.54) is 78.1 Å². The van der Waals surface area contributed by atoms with Crippen LogP contribution in [0.4, 0.5) is 35.2 Å². The molecule has 0 aliphatic carbocycles. The molecule has 1 unspecified atom stereocenters. The van der Waals surface area contributed by atoms with Crippen LogP contribution in [0, 0.1) is 0 Å². The van der Waals surface area contributed by atoms with E-state index in [0.717, 1.165) is 84.1 Å². The van der Waals surface area contributed by atoms with E-state index in [1.807, 2.05) is 40.3 Å². The minimum Gasteiger partial charge on any atom is -0.839 e. The summed E-state index contributed by atoms with van der Waals surface area (Å²) >= 11 is 0. The van der Waals surface area contributed by atoms with Crippen molar-refractivity contribution in [2.75, 3.05) is 71.2 Å². The number of pyridine rings is 1. The topological polar surface area (TPSA) is 230 Å². The van der Waals surface area contributed by atoms with Crippen molar-refractivity contribution in [1.29, 1.82) is 0 Å². The van der Waals surface area contributed by atoms with Crippen molar-refractivity contribution >= 4 is 47.2 Å². The lowest BCUT2D eigenvalue weighted by atomic mass is 10.2. The molecule has 0 aromatic carbocycles. The number of hydrogen-bond donors (Lipinski definition) is 8. The number of rotatable bonds is 8. The van der Waals surface area contributed by atoms with Gasteiger partial charge in [0.1, 0.15) is 12.0 Å². The fourth-order valence-corrected chi connectivity index (χ4v) is 11.3. The molecular weight excluding hydrogens is 1140 g/mol. The first kappa shape index (κ1) is 69.3. The SMILES string of the molecule is CC(C)[N+]1=CC([O-])C(=O)C=C1.CC(C)[n+]1c[nH]c2c1CCN2.CC(C)[n+]1ccc2n1CCN2.CC(C)[n+]1ccc2n1CCN2.CC(C)n1cc[n+]2c1NCCC2.CC(C)n1cc[n+]2c1NCCC2.CC(C)n1ccc(=O)c(O)c1.CC(C)n1cnc2c1CCN2. The molecule has 7 aromatic rings. The van der Waals surface area contributed by atoms with Gasteiger partial charge in [-0.3, -0.25) is 20.2 Å². The summed E-state index contributed by atoms with van der Waals surface area (Å²) in [6.45, 7) is 45.3. The van der Waals surface area contributed by atoms with Gasteiger partial charge in [-0.2, -0.15) is 0 Å². The van der Waals surface area contributed by atoms with Crippen molar-refractivity contribution < 1.29 is 42.6 Å². The van der Waals surface area contributed by atoms with Gasteiger partial charge in [0.2, 0.25) is 17.6 Å². The first-order valence-electron chi connectivity index (χ1n) is 32.9. The molecule has 7 aromatic heterocycles. The van der Waals surface area contributed by atoms with Crippen LogP contribution >= 0.6 is 0 Å². The van der Waals surface area contributed by atoms with Gasteiger partial charge in [0.05, 0.1) is 113 Å². The smallest absolute Gasteiger partial charge is 0.357 e. The maximum Gasteiger partial charge on any atom is 0.357 e. The third-order valence-corrected chi connectivity index (χ3v) is 16.3.